The number of nitrogens with zero attached hydrogens (tertiary/aromatic N) is 2. The zero-order valence-electron chi connectivity index (χ0n) is 15.0. The summed E-state index contributed by atoms with van der Waals surface area (Å²) in [6.07, 6.45) is 1.51. The van der Waals surface area contributed by atoms with Crippen molar-refractivity contribution in [2.75, 3.05) is 4.72 Å². The van der Waals surface area contributed by atoms with Gasteiger partial charge in [-0.05, 0) is 53.4 Å². The van der Waals surface area contributed by atoms with Crippen LogP contribution in [0.15, 0.2) is 75.8 Å². The van der Waals surface area contributed by atoms with Crippen LogP contribution in [0.2, 0.25) is 0 Å². The molecule has 28 heavy (non-hydrogen) atoms. The number of hydrogen-bond acceptors (Lipinski definition) is 4. The number of sulfonamides is 1. The molecule has 3 aromatic rings. The van der Waals surface area contributed by atoms with E-state index in [1.54, 1.807) is 30.3 Å². The number of aryl methyl sites for hydroxylation is 1. The number of nitrogens with two attached hydrogens (primary N) is 2. The zero-order chi connectivity index (χ0) is 19.7. The van der Waals surface area contributed by atoms with Gasteiger partial charge in [-0.3, -0.25) is 4.72 Å². The zero-order valence-corrected chi connectivity index (χ0v) is 15.8. The summed E-state index contributed by atoms with van der Waals surface area (Å²) in [5.74, 6) is -0.117. The molecule has 142 valence electrons. The van der Waals surface area contributed by atoms with Crippen LogP contribution in [0.25, 0.3) is 10.8 Å². The number of anilines is 1. The van der Waals surface area contributed by atoms with Gasteiger partial charge < -0.3 is 11.5 Å². The van der Waals surface area contributed by atoms with Crippen molar-refractivity contribution in [1.82, 2.24) is 0 Å². The molecule has 0 fully saturated rings. The second-order valence-electron chi connectivity index (χ2n) is 6.56. The lowest BCUT2D eigenvalue weighted by atomic mass is 10.1. The van der Waals surface area contributed by atoms with E-state index in [1.165, 1.54) is 0 Å². The molecular formula is C20H19N5O2S. The van der Waals surface area contributed by atoms with E-state index in [4.69, 9.17) is 11.5 Å². The van der Waals surface area contributed by atoms with Gasteiger partial charge in [-0.2, -0.15) is 5.10 Å². The number of rotatable bonds is 4. The highest BCUT2D eigenvalue weighted by atomic mass is 32.2. The fourth-order valence-corrected chi connectivity index (χ4v) is 4.37. The minimum absolute atomic E-state index is 0.117. The molecule has 4 rings (SSSR count). The van der Waals surface area contributed by atoms with E-state index < -0.39 is 10.0 Å². The van der Waals surface area contributed by atoms with Gasteiger partial charge in [0, 0.05) is 11.3 Å². The fraction of sp³-hybridized carbons (Fsp3) is 0.100. The first-order chi connectivity index (χ1) is 13.4. The standard InChI is InChI=1S/C20H19N5O2S/c21-20(22)24-23-19-10-7-14-5-8-16(12-18(14)19)25-28(26,27)17-9-6-13-3-1-2-4-15(13)11-17/h1-6,8-9,11-12,25H,7,10H2,(H4,21,22,24)/b23-19+. The molecule has 3 aromatic carbocycles. The summed E-state index contributed by atoms with van der Waals surface area (Å²) < 4.78 is 28.3. The third-order valence-electron chi connectivity index (χ3n) is 4.62. The lowest BCUT2D eigenvalue weighted by Crippen LogP contribution is -2.22. The highest BCUT2D eigenvalue weighted by Crippen LogP contribution is 2.28. The van der Waals surface area contributed by atoms with E-state index in [1.807, 2.05) is 30.3 Å². The van der Waals surface area contributed by atoms with E-state index in [9.17, 15) is 8.42 Å². The highest BCUT2D eigenvalue weighted by molar-refractivity contribution is 7.92. The van der Waals surface area contributed by atoms with Crippen molar-refractivity contribution >= 4 is 38.2 Å². The molecule has 0 radical (unpaired) electrons. The van der Waals surface area contributed by atoms with Crippen molar-refractivity contribution in [2.45, 2.75) is 17.7 Å². The Morgan fingerprint density at radius 2 is 1.71 bits per heavy atom. The van der Waals surface area contributed by atoms with Gasteiger partial charge in [0.15, 0.2) is 0 Å². The van der Waals surface area contributed by atoms with E-state index >= 15 is 0 Å². The molecule has 7 nitrogen and oxygen atoms in total. The monoisotopic (exact) mass is 393 g/mol. The van der Waals surface area contributed by atoms with E-state index in [-0.39, 0.29) is 10.9 Å². The van der Waals surface area contributed by atoms with Crippen LogP contribution in [0.5, 0.6) is 0 Å². The molecule has 0 unspecified atom stereocenters. The second-order valence-corrected chi connectivity index (χ2v) is 8.24. The summed E-state index contributed by atoms with van der Waals surface area (Å²) in [7, 11) is -3.72. The predicted octanol–water partition coefficient (Wildman–Crippen LogP) is 2.56. The summed E-state index contributed by atoms with van der Waals surface area (Å²) in [6, 6.07) is 18.1. The number of fused-ring (bicyclic) bond motifs is 2. The molecular weight excluding hydrogens is 374 g/mol. The minimum atomic E-state index is -3.72. The number of benzene rings is 3. The molecule has 1 aliphatic rings. The predicted molar refractivity (Wildman–Crippen MR) is 112 cm³/mol. The first-order valence-corrected chi connectivity index (χ1v) is 10.2. The maximum Gasteiger partial charge on any atom is 0.261 e. The van der Waals surface area contributed by atoms with E-state index in [0.29, 0.717) is 12.1 Å². The molecule has 0 aliphatic heterocycles. The molecule has 5 N–H and O–H groups in total. The summed E-state index contributed by atoms with van der Waals surface area (Å²) in [4.78, 5) is 0.209. The normalized spacial score (nSPS) is 14.8. The van der Waals surface area contributed by atoms with Crippen molar-refractivity contribution in [3.63, 3.8) is 0 Å². The molecule has 8 heteroatoms. The minimum Gasteiger partial charge on any atom is -0.369 e. The maximum atomic E-state index is 12.8. The van der Waals surface area contributed by atoms with Crippen LogP contribution in [-0.2, 0) is 16.4 Å². The third-order valence-corrected chi connectivity index (χ3v) is 6.00. The molecule has 0 saturated carbocycles. The number of guanidine groups is 1. The topological polar surface area (TPSA) is 123 Å². The average molecular weight is 393 g/mol. The molecule has 0 aromatic heterocycles. The smallest absolute Gasteiger partial charge is 0.261 e. The largest absolute Gasteiger partial charge is 0.369 e. The lowest BCUT2D eigenvalue weighted by Gasteiger charge is -2.10. The Morgan fingerprint density at radius 3 is 2.50 bits per heavy atom. The van der Waals surface area contributed by atoms with Crippen LogP contribution in [0, 0.1) is 0 Å². The van der Waals surface area contributed by atoms with Crippen molar-refractivity contribution in [3.05, 3.63) is 71.8 Å². The summed E-state index contributed by atoms with van der Waals surface area (Å²) in [6.45, 7) is 0. The van der Waals surface area contributed by atoms with Gasteiger partial charge in [0.25, 0.3) is 10.0 Å². The van der Waals surface area contributed by atoms with Crippen LogP contribution in [0.1, 0.15) is 17.5 Å². The van der Waals surface area contributed by atoms with Gasteiger partial charge in [-0.1, -0.05) is 36.4 Å². The quantitative estimate of drug-likeness (QED) is 0.358. The Labute approximate surface area is 162 Å². The van der Waals surface area contributed by atoms with E-state index in [0.717, 1.165) is 34.0 Å². The van der Waals surface area contributed by atoms with Crippen LogP contribution in [0.4, 0.5) is 5.69 Å². The number of hydrogen-bond donors (Lipinski definition) is 3. The van der Waals surface area contributed by atoms with Crippen LogP contribution in [0.3, 0.4) is 0 Å². The van der Waals surface area contributed by atoms with Gasteiger partial charge >= 0.3 is 0 Å². The molecule has 0 heterocycles. The average Bonchev–Trinajstić information content (AvgIpc) is 3.08. The van der Waals surface area contributed by atoms with Crippen LogP contribution in [-0.4, -0.2) is 20.1 Å². The first kappa shape index (κ1) is 18.0. The molecule has 0 bridgehead atoms. The van der Waals surface area contributed by atoms with Gasteiger partial charge in [-0.25, -0.2) is 8.42 Å². The van der Waals surface area contributed by atoms with Gasteiger partial charge in [-0.15, -0.1) is 5.10 Å². The molecule has 0 spiro atoms. The maximum absolute atomic E-state index is 12.8. The Balaban J connectivity index is 1.66. The van der Waals surface area contributed by atoms with Gasteiger partial charge in [0.2, 0.25) is 5.96 Å². The molecule has 0 saturated heterocycles. The summed E-state index contributed by atoms with van der Waals surface area (Å²) in [5.41, 5.74) is 13.8. The SMILES string of the molecule is NC(N)=N/N=C1\CCc2ccc(NS(=O)(=O)c3ccc4ccccc4c3)cc21. The third kappa shape index (κ3) is 3.54. The fourth-order valence-electron chi connectivity index (χ4n) is 3.28. The van der Waals surface area contributed by atoms with E-state index in [2.05, 4.69) is 14.9 Å². The van der Waals surface area contributed by atoms with Crippen molar-refractivity contribution in [2.24, 2.45) is 21.7 Å². The Bertz CT molecular complexity index is 1230. The molecule has 0 atom stereocenters. The van der Waals surface area contributed by atoms with Gasteiger partial charge in [0.1, 0.15) is 0 Å². The number of nitrogens with one attached hydrogen (secondary N) is 1. The van der Waals surface area contributed by atoms with Crippen molar-refractivity contribution in [3.8, 4) is 0 Å². The van der Waals surface area contributed by atoms with Crippen LogP contribution >= 0.6 is 0 Å². The summed E-state index contributed by atoms with van der Waals surface area (Å²) in [5, 5.41) is 9.63. The van der Waals surface area contributed by atoms with Crippen LogP contribution < -0.4 is 16.2 Å². The van der Waals surface area contributed by atoms with Crippen molar-refractivity contribution in [1.29, 1.82) is 0 Å². The summed E-state index contributed by atoms with van der Waals surface area (Å²) >= 11 is 0. The molecule has 0 amide bonds. The highest BCUT2D eigenvalue weighted by Gasteiger charge is 2.20. The van der Waals surface area contributed by atoms with Gasteiger partial charge in [0.05, 0.1) is 10.6 Å². The Hall–Kier alpha value is -3.39. The second kappa shape index (κ2) is 6.97. The lowest BCUT2D eigenvalue weighted by molar-refractivity contribution is 0.601. The Kier molecular flexibility index (Phi) is 4.48. The Morgan fingerprint density at radius 1 is 0.929 bits per heavy atom. The first-order valence-electron chi connectivity index (χ1n) is 8.73. The molecule has 1 aliphatic carbocycles. The van der Waals surface area contributed by atoms with Crippen molar-refractivity contribution < 1.29 is 8.42 Å².